The van der Waals surface area contributed by atoms with E-state index < -0.39 is 18.1 Å². The molecule has 10 heteroatoms. The number of anilines is 1. The topological polar surface area (TPSA) is 101 Å². The summed E-state index contributed by atoms with van der Waals surface area (Å²) in [5.74, 6) is 0.662. The molecule has 0 unspecified atom stereocenters. The number of rotatable bonds is 11. The Kier molecular flexibility index (Phi) is 8.99. The lowest BCUT2D eigenvalue weighted by atomic mass is 9.80. The van der Waals surface area contributed by atoms with Gasteiger partial charge in [0.15, 0.2) is 0 Å². The van der Waals surface area contributed by atoms with Crippen LogP contribution in [0.1, 0.15) is 38.7 Å². The molecule has 0 bridgehead atoms. The number of carbonyl (C=O) groups is 2. The number of methoxy groups -OCH3 is 1. The van der Waals surface area contributed by atoms with Gasteiger partial charge in [-0.2, -0.15) is 8.78 Å². The number of ether oxygens (including phenoxy) is 2. The van der Waals surface area contributed by atoms with Crippen molar-refractivity contribution >= 4 is 23.3 Å². The van der Waals surface area contributed by atoms with Gasteiger partial charge in [0, 0.05) is 17.6 Å². The van der Waals surface area contributed by atoms with Crippen LogP contribution in [0, 0.1) is 5.41 Å². The Morgan fingerprint density at radius 3 is 2.31 bits per heavy atom. The van der Waals surface area contributed by atoms with Gasteiger partial charge in [-0.25, -0.2) is 9.79 Å². The van der Waals surface area contributed by atoms with Gasteiger partial charge in [0.2, 0.25) is 0 Å². The van der Waals surface area contributed by atoms with Crippen molar-refractivity contribution in [2.24, 2.45) is 10.4 Å². The van der Waals surface area contributed by atoms with Gasteiger partial charge in [-0.1, -0.05) is 38.8 Å². The second-order valence-corrected chi connectivity index (χ2v) is 8.52. The van der Waals surface area contributed by atoms with Gasteiger partial charge in [0.1, 0.15) is 23.0 Å². The molecule has 8 nitrogen and oxygen atoms in total. The fourth-order valence-corrected chi connectivity index (χ4v) is 3.77. The van der Waals surface area contributed by atoms with E-state index in [0.717, 1.165) is 24.2 Å². The molecule has 0 fully saturated rings. The summed E-state index contributed by atoms with van der Waals surface area (Å²) in [6.45, 7) is 1.37. The average Bonchev–Trinajstić information content (AvgIpc) is 3.18. The molecule has 1 aliphatic heterocycles. The summed E-state index contributed by atoms with van der Waals surface area (Å²) in [7, 11) is 1.59. The Morgan fingerprint density at radius 2 is 1.69 bits per heavy atom. The van der Waals surface area contributed by atoms with Crippen molar-refractivity contribution < 1.29 is 27.8 Å². The lowest BCUT2D eigenvalue weighted by molar-refractivity contribution is -0.115. The minimum Gasteiger partial charge on any atom is -0.497 e. The number of nitrogens with zero attached hydrogens (tertiary/aromatic N) is 1. The molecule has 1 aliphatic rings. The molecule has 0 aliphatic carbocycles. The maximum Gasteiger partial charge on any atom is 0.387 e. The van der Waals surface area contributed by atoms with Crippen LogP contribution in [0.5, 0.6) is 11.5 Å². The van der Waals surface area contributed by atoms with E-state index >= 15 is 0 Å². The molecule has 0 saturated heterocycles. The van der Waals surface area contributed by atoms with E-state index in [1.807, 2.05) is 31.2 Å². The molecule has 3 N–H and O–H groups in total. The van der Waals surface area contributed by atoms with Crippen LogP contribution < -0.4 is 25.4 Å². The monoisotopic (exact) mass is 500 g/mol. The van der Waals surface area contributed by atoms with Crippen LogP contribution in [0.3, 0.4) is 0 Å². The third-order valence-corrected chi connectivity index (χ3v) is 5.68. The zero-order chi connectivity index (χ0) is 26.1. The SMILES string of the molecule is CCCC[C@@]1(C)C=C(NC(=O)Nc2ccc(OC(F)F)cc2)N=C1C(=O)NCc1ccc(OC)cc1. The van der Waals surface area contributed by atoms with E-state index in [1.54, 1.807) is 13.2 Å². The first kappa shape index (κ1) is 26.7. The molecule has 2 aromatic rings. The maximum atomic E-state index is 13.1. The van der Waals surface area contributed by atoms with Gasteiger partial charge >= 0.3 is 12.6 Å². The first-order valence-electron chi connectivity index (χ1n) is 11.6. The Labute approximate surface area is 208 Å². The predicted molar refractivity (Wildman–Crippen MR) is 133 cm³/mol. The Morgan fingerprint density at radius 1 is 1.03 bits per heavy atom. The number of hydrogen-bond donors (Lipinski definition) is 3. The smallest absolute Gasteiger partial charge is 0.387 e. The quantitative estimate of drug-likeness (QED) is 0.393. The second-order valence-electron chi connectivity index (χ2n) is 8.52. The Hall–Kier alpha value is -3.95. The number of unbranched alkanes of at least 4 members (excludes halogenated alkanes) is 1. The number of allylic oxidation sites excluding steroid dienone is 1. The highest BCUT2D eigenvalue weighted by Crippen LogP contribution is 2.34. The highest BCUT2D eigenvalue weighted by Gasteiger charge is 2.38. The van der Waals surface area contributed by atoms with Crippen LogP contribution in [0.15, 0.2) is 65.4 Å². The molecule has 3 rings (SSSR count). The number of benzene rings is 2. The van der Waals surface area contributed by atoms with Gasteiger partial charge in [0.25, 0.3) is 5.91 Å². The molecular weight excluding hydrogens is 470 g/mol. The highest BCUT2D eigenvalue weighted by molar-refractivity contribution is 6.42. The van der Waals surface area contributed by atoms with E-state index in [9.17, 15) is 18.4 Å². The van der Waals surface area contributed by atoms with E-state index in [4.69, 9.17) is 4.74 Å². The fourth-order valence-electron chi connectivity index (χ4n) is 3.77. The summed E-state index contributed by atoms with van der Waals surface area (Å²) >= 11 is 0. The van der Waals surface area contributed by atoms with Crippen molar-refractivity contribution in [1.82, 2.24) is 10.6 Å². The van der Waals surface area contributed by atoms with Crippen molar-refractivity contribution in [2.45, 2.75) is 46.3 Å². The number of carbonyl (C=O) groups excluding carboxylic acids is 2. The van der Waals surface area contributed by atoms with Crippen molar-refractivity contribution in [2.75, 3.05) is 12.4 Å². The zero-order valence-electron chi connectivity index (χ0n) is 20.4. The van der Waals surface area contributed by atoms with Gasteiger partial charge < -0.3 is 20.1 Å². The molecule has 0 saturated carbocycles. The van der Waals surface area contributed by atoms with E-state index in [2.05, 4.69) is 32.6 Å². The number of urea groups is 1. The molecule has 2 aromatic carbocycles. The lowest BCUT2D eigenvalue weighted by Crippen LogP contribution is -2.38. The standard InChI is InChI=1S/C26H30F2N4O4/c1-4-5-14-26(2)15-21(32-25(34)30-18-8-12-20(13-9-18)36-24(27)28)31-22(26)23(33)29-16-17-6-10-19(35-3)11-7-17/h6-13,15,24H,4-5,14,16H2,1-3H3,(H,29,33)(H2,30,32,34)/t26-/m0/s1. The minimum atomic E-state index is -2.93. The van der Waals surface area contributed by atoms with E-state index in [1.165, 1.54) is 24.3 Å². The molecule has 3 amide bonds. The summed E-state index contributed by atoms with van der Waals surface area (Å²) < 4.78 is 34.0. The maximum absolute atomic E-state index is 13.1. The molecule has 0 radical (unpaired) electrons. The Balaban J connectivity index is 1.65. The summed E-state index contributed by atoms with van der Waals surface area (Å²) in [6.07, 6.45) is 4.30. The fraction of sp³-hybridized carbons (Fsp3) is 0.346. The van der Waals surface area contributed by atoms with Crippen LogP contribution in [-0.4, -0.2) is 31.4 Å². The van der Waals surface area contributed by atoms with Crippen LogP contribution in [0.4, 0.5) is 19.3 Å². The van der Waals surface area contributed by atoms with Crippen LogP contribution >= 0.6 is 0 Å². The molecule has 0 aromatic heterocycles. The van der Waals surface area contributed by atoms with Crippen molar-refractivity contribution in [3.8, 4) is 11.5 Å². The van der Waals surface area contributed by atoms with Crippen molar-refractivity contribution in [3.63, 3.8) is 0 Å². The summed E-state index contributed by atoms with van der Waals surface area (Å²) in [5.41, 5.74) is 0.974. The molecule has 36 heavy (non-hydrogen) atoms. The molecule has 1 heterocycles. The largest absolute Gasteiger partial charge is 0.497 e. The number of amides is 3. The van der Waals surface area contributed by atoms with Crippen LogP contribution in [0.25, 0.3) is 0 Å². The highest BCUT2D eigenvalue weighted by atomic mass is 19.3. The van der Waals surface area contributed by atoms with Crippen molar-refractivity contribution in [3.05, 3.63) is 66.0 Å². The normalized spacial score (nSPS) is 16.7. The van der Waals surface area contributed by atoms with E-state index in [-0.39, 0.29) is 17.5 Å². The molecule has 192 valence electrons. The van der Waals surface area contributed by atoms with Crippen LogP contribution in [-0.2, 0) is 11.3 Å². The first-order chi connectivity index (χ1) is 17.2. The number of aliphatic imine (C=N–C) groups is 1. The lowest BCUT2D eigenvalue weighted by Gasteiger charge is -2.23. The first-order valence-corrected chi connectivity index (χ1v) is 11.6. The van der Waals surface area contributed by atoms with Gasteiger partial charge in [0.05, 0.1) is 7.11 Å². The summed E-state index contributed by atoms with van der Waals surface area (Å²) in [6, 6.07) is 12.3. The van der Waals surface area contributed by atoms with E-state index in [0.29, 0.717) is 24.4 Å². The number of alkyl halides is 2. The number of hydrogen-bond acceptors (Lipinski definition) is 5. The van der Waals surface area contributed by atoms with Gasteiger partial charge in [-0.15, -0.1) is 0 Å². The number of nitrogens with one attached hydrogen (secondary N) is 3. The zero-order valence-corrected chi connectivity index (χ0v) is 20.4. The third kappa shape index (κ3) is 7.27. The second kappa shape index (κ2) is 12.1. The molecule has 1 atom stereocenters. The average molecular weight is 501 g/mol. The Bertz CT molecular complexity index is 1120. The van der Waals surface area contributed by atoms with Gasteiger partial charge in [-0.3, -0.25) is 10.1 Å². The predicted octanol–water partition coefficient (Wildman–Crippen LogP) is 5.23. The summed E-state index contributed by atoms with van der Waals surface area (Å²) in [4.78, 5) is 30.0. The minimum absolute atomic E-state index is 0.0176. The number of halogens is 2. The molecular formula is C26H30F2N4O4. The molecule has 0 spiro atoms. The van der Waals surface area contributed by atoms with Crippen LogP contribution in [0.2, 0.25) is 0 Å². The summed E-state index contributed by atoms with van der Waals surface area (Å²) in [5, 5.41) is 8.17. The van der Waals surface area contributed by atoms with Gasteiger partial charge in [-0.05, 0) is 54.5 Å². The third-order valence-electron chi connectivity index (χ3n) is 5.68. The van der Waals surface area contributed by atoms with Crippen molar-refractivity contribution in [1.29, 1.82) is 0 Å².